The van der Waals surface area contributed by atoms with Gasteiger partial charge in [0.1, 0.15) is 5.75 Å². The summed E-state index contributed by atoms with van der Waals surface area (Å²) in [6.07, 6.45) is 0.732. The molecule has 5 heteroatoms. The van der Waals surface area contributed by atoms with Crippen LogP contribution in [-0.2, 0) is 0 Å². The Hall–Kier alpha value is -2.82. The maximum Gasteiger partial charge on any atom is 0.335 e. The zero-order valence-electron chi connectivity index (χ0n) is 12.2. The Labute approximate surface area is 128 Å². The summed E-state index contributed by atoms with van der Waals surface area (Å²) in [6, 6.07) is 11.3. The molecule has 0 saturated carbocycles. The first-order valence-corrected chi connectivity index (χ1v) is 6.94. The molecule has 0 aliphatic carbocycles. The Morgan fingerprint density at radius 3 is 2.41 bits per heavy atom. The molecule has 0 radical (unpaired) electrons. The molecule has 22 heavy (non-hydrogen) atoms. The van der Waals surface area contributed by atoms with Crippen molar-refractivity contribution in [3.05, 3.63) is 59.2 Å². The van der Waals surface area contributed by atoms with Gasteiger partial charge in [0, 0.05) is 11.3 Å². The molecule has 3 N–H and O–H groups in total. The number of carboxylic acids is 1. The van der Waals surface area contributed by atoms with Gasteiger partial charge in [-0.1, -0.05) is 37.3 Å². The fraction of sp³-hybridized carbons (Fsp3) is 0.176. The van der Waals surface area contributed by atoms with Crippen LogP contribution in [0, 0.1) is 0 Å². The van der Waals surface area contributed by atoms with Crippen LogP contribution >= 0.6 is 0 Å². The van der Waals surface area contributed by atoms with Crippen LogP contribution in [-0.4, -0.2) is 23.5 Å². The van der Waals surface area contributed by atoms with Crippen LogP contribution < -0.4 is 10.5 Å². The van der Waals surface area contributed by atoms with Gasteiger partial charge in [0.2, 0.25) is 0 Å². The summed E-state index contributed by atoms with van der Waals surface area (Å²) in [5.74, 6) is -1.21. The molecule has 2 aromatic rings. The number of ether oxygens (including phenoxy) is 1. The third-order valence-electron chi connectivity index (χ3n) is 3.10. The third kappa shape index (κ3) is 3.25. The van der Waals surface area contributed by atoms with Gasteiger partial charge < -0.3 is 15.6 Å². The van der Waals surface area contributed by atoms with Crippen molar-refractivity contribution >= 4 is 17.4 Å². The highest BCUT2D eigenvalue weighted by Crippen LogP contribution is 2.29. The lowest BCUT2D eigenvalue weighted by Gasteiger charge is -2.14. The molecule has 0 fully saturated rings. The number of carboxylic acid groups (broad SMARTS) is 1. The van der Waals surface area contributed by atoms with Gasteiger partial charge in [0.05, 0.1) is 17.7 Å². The van der Waals surface area contributed by atoms with Crippen LogP contribution in [0.5, 0.6) is 5.75 Å². The molecule has 0 heterocycles. The standard InChI is InChI=1S/C17H17NO4/c1-2-8-22-14-10-12(17(20)21)9-13(18)15(14)16(19)11-6-4-3-5-7-11/h3-7,9-10H,2,8,18H2,1H3,(H,20,21). The second-order valence-corrected chi connectivity index (χ2v) is 4.79. The quantitative estimate of drug-likeness (QED) is 0.632. The summed E-state index contributed by atoms with van der Waals surface area (Å²) in [4.78, 5) is 23.8. The van der Waals surface area contributed by atoms with Crippen molar-refractivity contribution in [2.75, 3.05) is 12.3 Å². The van der Waals surface area contributed by atoms with Crippen molar-refractivity contribution in [3.63, 3.8) is 0 Å². The summed E-state index contributed by atoms with van der Waals surface area (Å²) in [5, 5.41) is 9.11. The summed E-state index contributed by atoms with van der Waals surface area (Å²) in [5.41, 5.74) is 6.67. The molecule has 5 nitrogen and oxygen atoms in total. The van der Waals surface area contributed by atoms with E-state index in [1.54, 1.807) is 24.3 Å². The number of nitrogen functional groups attached to an aromatic ring is 1. The van der Waals surface area contributed by atoms with Crippen LogP contribution in [0.1, 0.15) is 39.6 Å². The van der Waals surface area contributed by atoms with Crippen molar-refractivity contribution in [3.8, 4) is 5.75 Å². The fourth-order valence-corrected chi connectivity index (χ4v) is 2.06. The maximum atomic E-state index is 12.6. The van der Waals surface area contributed by atoms with Crippen LogP contribution in [0.15, 0.2) is 42.5 Å². The van der Waals surface area contributed by atoms with Crippen LogP contribution in [0.4, 0.5) is 5.69 Å². The van der Waals surface area contributed by atoms with E-state index in [4.69, 9.17) is 15.6 Å². The van der Waals surface area contributed by atoms with Crippen molar-refractivity contribution < 1.29 is 19.4 Å². The predicted molar refractivity (Wildman–Crippen MR) is 83.5 cm³/mol. The molecule has 0 aromatic heterocycles. The topological polar surface area (TPSA) is 89.6 Å². The Kier molecular flexibility index (Phi) is 4.78. The molecular weight excluding hydrogens is 282 g/mol. The fourth-order valence-electron chi connectivity index (χ4n) is 2.06. The highest BCUT2D eigenvalue weighted by Gasteiger charge is 2.21. The average molecular weight is 299 g/mol. The van der Waals surface area contributed by atoms with Crippen molar-refractivity contribution in [1.29, 1.82) is 0 Å². The van der Waals surface area contributed by atoms with Gasteiger partial charge >= 0.3 is 5.97 Å². The largest absolute Gasteiger partial charge is 0.493 e. The lowest BCUT2D eigenvalue weighted by atomic mass is 9.99. The van der Waals surface area contributed by atoms with E-state index < -0.39 is 5.97 Å². The molecule has 0 amide bonds. The van der Waals surface area contributed by atoms with E-state index >= 15 is 0 Å². The van der Waals surface area contributed by atoms with E-state index in [9.17, 15) is 9.59 Å². The molecule has 2 rings (SSSR count). The second kappa shape index (κ2) is 6.76. The second-order valence-electron chi connectivity index (χ2n) is 4.79. The number of rotatable bonds is 6. The Balaban J connectivity index is 2.53. The normalized spacial score (nSPS) is 10.2. The van der Waals surface area contributed by atoms with Gasteiger partial charge in [0.15, 0.2) is 5.78 Å². The molecule has 2 aromatic carbocycles. The summed E-state index contributed by atoms with van der Waals surface area (Å²) >= 11 is 0. The first kappa shape index (κ1) is 15.6. The minimum atomic E-state index is -1.12. The van der Waals surface area contributed by atoms with Crippen molar-refractivity contribution in [1.82, 2.24) is 0 Å². The monoisotopic (exact) mass is 299 g/mol. The van der Waals surface area contributed by atoms with Crippen molar-refractivity contribution in [2.24, 2.45) is 0 Å². The van der Waals surface area contributed by atoms with Gasteiger partial charge in [-0.25, -0.2) is 4.79 Å². The molecule has 114 valence electrons. The number of carbonyl (C=O) groups is 2. The maximum absolute atomic E-state index is 12.6. The van der Waals surface area contributed by atoms with Crippen LogP contribution in [0.25, 0.3) is 0 Å². The predicted octanol–water partition coefficient (Wildman–Crippen LogP) is 2.99. The Bertz CT molecular complexity index is 695. The smallest absolute Gasteiger partial charge is 0.335 e. The van der Waals surface area contributed by atoms with E-state index in [0.29, 0.717) is 12.2 Å². The Morgan fingerprint density at radius 2 is 1.82 bits per heavy atom. The lowest BCUT2D eigenvalue weighted by Crippen LogP contribution is -2.11. The van der Waals surface area contributed by atoms with Gasteiger partial charge in [-0.05, 0) is 18.6 Å². The number of benzene rings is 2. The van der Waals surface area contributed by atoms with E-state index in [-0.39, 0.29) is 28.3 Å². The zero-order valence-corrected chi connectivity index (χ0v) is 12.2. The molecule has 0 bridgehead atoms. The molecule has 0 spiro atoms. The molecule has 0 aliphatic heterocycles. The molecule has 0 aliphatic rings. The van der Waals surface area contributed by atoms with E-state index in [2.05, 4.69) is 0 Å². The van der Waals surface area contributed by atoms with Gasteiger partial charge in [-0.3, -0.25) is 4.79 Å². The number of nitrogens with two attached hydrogens (primary N) is 1. The lowest BCUT2D eigenvalue weighted by molar-refractivity contribution is 0.0696. The van der Waals surface area contributed by atoms with Gasteiger partial charge in [0.25, 0.3) is 0 Å². The minimum Gasteiger partial charge on any atom is -0.493 e. The molecule has 0 unspecified atom stereocenters. The van der Waals surface area contributed by atoms with Gasteiger partial charge in [-0.2, -0.15) is 0 Å². The van der Waals surface area contributed by atoms with Crippen LogP contribution in [0.3, 0.4) is 0 Å². The summed E-state index contributed by atoms with van der Waals surface area (Å²) in [6.45, 7) is 2.29. The number of hydrogen-bond donors (Lipinski definition) is 2. The average Bonchev–Trinajstić information content (AvgIpc) is 2.52. The minimum absolute atomic E-state index is 0.00628. The van der Waals surface area contributed by atoms with Crippen LogP contribution in [0.2, 0.25) is 0 Å². The van der Waals surface area contributed by atoms with Gasteiger partial charge in [-0.15, -0.1) is 0 Å². The third-order valence-corrected chi connectivity index (χ3v) is 3.10. The number of anilines is 1. The highest BCUT2D eigenvalue weighted by molar-refractivity contribution is 6.14. The molecular formula is C17H17NO4. The van der Waals surface area contributed by atoms with E-state index in [1.165, 1.54) is 12.1 Å². The highest BCUT2D eigenvalue weighted by atomic mass is 16.5. The number of hydrogen-bond acceptors (Lipinski definition) is 4. The summed E-state index contributed by atoms with van der Waals surface area (Å²) < 4.78 is 5.54. The zero-order chi connectivity index (χ0) is 16.1. The van der Waals surface area contributed by atoms with E-state index in [0.717, 1.165) is 6.42 Å². The Morgan fingerprint density at radius 1 is 1.14 bits per heavy atom. The first-order valence-electron chi connectivity index (χ1n) is 6.94. The SMILES string of the molecule is CCCOc1cc(C(=O)O)cc(N)c1C(=O)c1ccccc1. The first-order chi connectivity index (χ1) is 10.5. The number of ketones is 1. The summed E-state index contributed by atoms with van der Waals surface area (Å²) in [7, 11) is 0. The molecule has 0 saturated heterocycles. The number of carbonyl (C=O) groups excluding carboxylic acids is 1. The van der Waals surface area contributed by atoms with E-state index in [1.807, 2.05) is 13.0 Å². The molecule has 0 atom stereocenters. The number of aromatic carboxylic acids is 1. The van der Waals surface area contributed by atoms with Crippen molar-refractivity contribution in [2.45, 2.75) is 13.3 Å².